The maximum Gasteiger partial charge on any atom is 0.180 e. The van der Waals surface area contributed by atoms with E-state index in [0.717, 1.165) is 6.08 Å². The standard InChI is InChI=1S/C5H8O3/c6-3-1-2-5(8)4-7/h1-2,6-7H,3-4H2. The van der Waals surface area contributed by atoms with Crippen LogP contribution in [0, 0.1) is 0 Å². The molecule has 0 saturated carbocycles. The molecule has 0 amide bonds. The average molecular weight is 116 g/mol. The molecular weight excluding hydrogens is 108 g/mol. The molecule has 0 aromatic heterocycles. The molecule has 0 unspecified atom stereocenters. The molecule has 2 N–H and O–H groups in total. The van der Waals surface area contributed by atoms with Crippen LogP contribution < -0.4 is 0 Å². The quantitative estimate of drug-likeness (QED) is 0.469. The van der Waals surface area contributed by atoms with Crippen molar-refractivity contribution in [2.45, 2.75) is 0 Å². The fourth-order valence-electron chi connectivity index (χ4n) is 0.237. The number of aliphatic hydroxyl groups excluding tert-OH is 2. The summed E-state index contributed by atoms with van der Waals surface area (Å²) in [5, 5.41) is 16.2. The summed E-state index contributed by atoms with van der Waals surface area (Å²) in [5.41, 5.74) is 0. The van der Waals surface area contributed by atoms with E-state index in [4.69, 9.17) is 10.2 Å². The van der Waals surface area contributed by atoms with Crippen LogP contribution in [0.3, 0.4) is 0 Å². The summed E-state index contributed by atoms with van der Waals surface area (Å²) in [6.45, 7) is -0.651. The lowest BCUT2D eigenvalue weighted by atomic mass is 10.4. The van der Waals surface area contributed by atoms with E-state index in [9.17, 15) is 4.79 Å². The van der Waals surface area contributed by atoms with E-state index in [1.807, 2.05) is 0 Å². The van der Waals surface area contributed by atoms with Crippen molar-refractivity contribution in [3.05, 3.63) is 12.2 Å². The number of ketones is 1. The van der Waals surface area contributed by atoms with Gasteiger partial charge in [-0.05, 0) is 6.08 Å². The summed E-state index contributed by atoms with van der Waals surface area (Å²) in [6.07, 6.45) is 2.42. The molecule has 0 aliphatic heterocycles. The Hall–Kier alpha value is -0.670. The van der Waals surface area contributed by atoms with E-state index in [2.05, 4.69) is 0 Å². The van der Waals surface area contributed by atoms with Crippen LogP contribution in [-0.2, 0) is 4.79 Å². The zero-order valence-electron chi connectivity index (χ0n) is 4.37. The Morgan fingerprint density at radius 1 is 1.50 bits per heavy atom. The molecule has 0 saturated heterocycles. The summed E-state index contributed by atoms with van der Waals surface area (Å²) in [7, 11) is 0. The van der Waals surface area contributed by atoms with Crippen molar-refractivity contribution in [3.63, 3.8) is 0 Å². The van der Waals surface area contributed by atoms with Gasteiger partial charge in [0.25, 0.3) is 0 Å². The maximum atomic E-state index is 10.1. The van der Waals surface area contributed by atoms with Gasteiger partial charge >= 0.3 is 0 Å². The van der Waals surface area contributed by atoms with Crippen molar-refractivity contribution in [2.24, 2.45) is 0 Å². The van der Waals surface area contributed by atoms with E-state index in [1.165, 1.54) is 6.08 Å². The van der Waals surface area contributed by atoms with Gasteiger partial charge in [-0.2, -0.15) is 0 Å². The number of carbonyl (C=O) groups excluding carboxylic acids is 1. The van der Waals surface area contributed by atoms with Gasteiger partial charge in [0.15, 0.2) is 5.78 Å². The molecule has 0 atom stereocenters. The first-order chi connectivity index (χ1) is 3.81. The fraction of sp³-hybridized carbons (Fsp3) is 0.400. The van der Waals surface area contributed by atoms with Gasteiger partial charge in [0.05, 0.1) is 6.61 Å². The second-order valence-corrected chi connectivity index (χ2v) is 1.21. The average Bonchev–Trinajstić information content (AvgIpc) is 1.83. The van der Waals surface area contributed by atoms with Crippen LogP contribution in [0.2, 0.25) is 0 Å². The van der Waals surface area contributed by atoms with Crippen LogP contribution in [0.1, 0.15) is 0 Å². The molecule has 0 bridgehead atoms. The highest BCUT2D eigenvalue weighted by Gasteiger charge is 1.86. The van der Waals surface area contributed by atoms with Crippen molar-refractivity contribution < 1.29 is 15.0 Å². The third-order valence-electron chi connectivity index (χ3n) is 0.565. The van der Waals surface area contributed by atoms with Crippen LogP contribution in [-0.4, -0.2) is 29.2 Å². The zero-order chi connectivity index (χ0) is 6.41. The Morgan fingerprint density at radius 2 is 2.12 bits per heavy atom. The Bertz CT molecular complexity index is 95.8. The molecule has 0 aliphatic rings. The highest BCUT2D eigenvalue weighted by Crippen LogP contribution is 1.72. The van der Waals surface area contributed by atoms with Gasteiger partial charge in [0.1, 0.15) is 6.61 Å². The number of rotatable bonds is 3. The van der Waals surface area contributed by atoms with Gasteiger partial charge < -0.3 is 10.2 Å². The normalized spacial score (nSPS) is 10.2. The second-order valence-electron chi connectivity index (χ2n) is 1.21. The number of carbonyl (C=O) groups is 1. The van der Waals surface area contributed by atoms with Gasteiger partial charge in [-0.25, -0.2) is 0 Å². The summed E-state index contributed by atoms with van der Waals surface area (Å²) < 4.78 is 0. The van der Waals surface area contributed by atoms with Crippen molar-refractivity contribution in [3.8, 4) is 0 Å². The molecule has 0 aliphatic carbocycles. The van der Waals surface area contributed by atoms with Crippen LogP contribution in [0.15, 0.2) is 12.2 Å². The monoisotopic (exact) mass is 116 g/mol. The van der Waals surface area contributed by atoms with Crippen LogP contribution in [0.5, 0.6) is 0 Å². The molecule has 0 heterocycles. The highest BCUT2D eigenvalue weighted by atomic mass is 16.3. The predicted molar refractivity (Wildman–Crippen MR) is 28.3 cm³/mol. The zero-order valence-corrected chi connectivity index (χ0v) is 4.37. The fourth-order valence-corrected chi connectivity index (χ4v) is 0.237. The molecule has 0 aromatic carbocycles. The molecule has 0 rings (SSSR count). The Morgan fingerprint density at radius 3 is 2.50 bits per heavy atom. The van der Waals surface area contributed by atoms with Crippen LogP contribution >= 0.6 is 0 Å². The molecule has 8 heavy (non-hydrogen) atoms. The molecule has 3 heteroatoms. The van der Waals surface area contributed by atoms with Gasteiger partial charge in [0, 0.05) is 0 Å². The largest absolute Gasteiger partial charge is 0.392 e. The summed E-state index contributed by atoms with van der Waals surface area (Å²) in [4.78, 5) is 10.1. The minimum absolute atomic E-state index is 0.161. The Labute approximate surface area is 47.3 Å². The third-order valence-corrected chi connectivity index (χ3v) is 0.565. The Balaban J connectivity index is 3.37. The molecule has 3 nitrogen and oxygen atoms in total. The number of hydrogen-bond acceptors (Lipinski definition) is 3. The summed E-state index contributed by atoms with van der Waals surface area (Å²) >= 11 is 0. The predicted octanol–water partition coefficient (Wildman–Crippen LogP) is -0.904. The molecule has 0 aromatic rings. The van der Waals surface area contributed by atoms with Gasteiger partial charge in [-0.3, -0.25) is 4.79 Å². The van der Waals surface area contributed by atoms with E-state index >= 15 is 0 Å². The molecule has 0 radical (unpaired) electrons. The van der Waals surface area contributed by atoms with Gasteiger partial charge in [-0.15, -0.1) is 0 Å². The first kappa shape index (κ1) is 7.33. The lowest BCUT2D eigenvalue weighted by Crippen LogP contribution is -1.97. The molecule has 0 fully saturated rings. The van der Waals surface area contributed by atoms with Crippen molar-refractivity contribution in [2.75, 3.05) is 13.2 Å². The van der Waals surface area contributed by atoms with Crippen molar-refractivity contribution in [1.82, 2.24) is 0 Å². The summed E-state index contributed by atoms with van der Waals surface area (Å²) in [5.74, 6) is -0.390. The lowest BCUT2D eigenvalue weighted by Gasteiger charge is -1.80. The Kier molecular flexibility index (Phi) is 4.11. The number of aliphatic hydroxyl groups is 2. The topological polar surface area (TPSA) is 57.5 Å². The van der Waals surface area contributed by atoms with Gasteiger partial charge in [-0.1, -0.05) is 6.08 Å². The van der Waals surface area contributed by atoms with E-state index < -0.39 is 6.61 Å². The van der Waals surface area contributed by atoms with Gasteiger partial charge in [0.2, 0.25) is 0 Å². The van der Waals surface area contributed by atoms with Crippen molar-refractivity contribution in [1.29, 1.82) is 0 Å². The van der Waals surface area contributed by atoms with Crippen molar-refractivity contribution >= 4 is 5.78 Å². The van der Waals surface area contributed by atoms with Crippen LogP contribution in [0.25, 0.3) is 0 Å². The van der Waals surface area contributed by atoms with E-state index in [0.29, 0.717) is 0 Å². The third kappa shape index (κ3) is 3.52. The highest BCUT2D eigenvalue weighted by molar-refractivity contribution is 5.90. The van der Waals surface area contributed by atoms with E-state index in [1.54, 1.807) is 0 Å². The van der Waals surface area contributed by atoms with E-state index in [-0.39, 0.29) is 12.4 Å². The lowest BCUT2D eigenvalue weighted by molar-refractivity contribution is -0.117. The van der Waals surface area contributed by atoms with Crippen LogP contribution in [0.4, 0.5) is 0 Å². The minimum Gasteiger partial charge on any atom is -0.392 e. The SMILES string of the molecule is O=C(C=CCO)CO. The first-order valence-corrected chi connectivity index (χ1v) is 2.22. The first-order valence-electron chi connectivity index (χ1n) is 2.22. The molecule has 46 valence electrons. The number of hydrogen-bond donors (Lipinski definition) is 2. The second kappa shape index (κ2) is 4.49. The maximum absolute atomic E-state index is 10.1. The smallest absolute Gasteiger partial charge is 0.180 e. The minimum atomic E-state index is -0.490. The molecular formula is C5H8O3. The molecule has 0 spiro atoms. The summed E-state index contributed by atoms with van der Waals surface area (Å²) in [6, 6.07) is 0.